The molecule has 1 saturated heterocycles. The van der Waals surface area contributed by atoms with Crippen LogP contribution in [0.3, 0.4) is 0 Å². The number of nitro benzene ring substituents is 1. The minimum Gasteiger partial charge on any atom is -0.507 e. The van der Waals surface area contributed by atoms with Crippen molar-refractivity contribution >= 4 is 40.7 Å². The molecule has 0 spiro atoms. The number of carbonyl (C=O) groups is 3. The molecule has 30 heavy (non-hydrogen) atoms. The number of aliphatic hydroxyl groups is 1. The Bertz CT molecular complexity index is 1060. The van der Waals surface area contributed by atoms with E-state index in [1.165, 1.54) is 48.5 Å². The van der Waals surface area contributed by atoms with Crippen LogP contribution in [0.25, 0.3) is 5.76 Å². The topological polar surface area (TPSA) is 138 Å². The molecule has 1 fully saturated rings. The van der Waals surface area contributed by atoms with Gasteiger partial charge in [0.25, 0.3) is 17.4 Å². The summed E-state index contributed by atoms with van der Waals surface area (Å²) in [6, 6.07) is 9.96. The largest absolute Gasteiger partial charge is 0.507 e. The first kappa shape index (κ1) is 21.0. The fourth-order valence-electron chi connectivity index (χ4n) is 3.21. The van der Waals surface area contributed by atoms with Crippen LogP contribution < -0.4 is 0 Å². The van der Waals surface area contributed by atoms with Crippen LogP contribution in [0.15, 0.2) is 54.1 Å². The van der Waals surface area contributed by atoms with Crippen LogP contribution in [-0.4, -0.2) is 44.2 Å². The number of non-ortho nitro benzene ring substituents is 1. The Morgan fingerprint density at radius 3 is 2.20 bits per heavy atom. The number of amides is 1. The van der Waals surface area contributed by atoms with Crippen LogP contribution in [0, 0.1) is 10.1 Å². The standard InChI is InChI=1S/C20H15ClN2O7/c21-13-5-1-12(2-6-13)18(26)16-17(11-3-7-14(8-4-11)23(29)30)22(10-9-15(24)25)20(28)19(16)27/h1-8,17,26H,9-10H2,(H,24,25)/t17-/m0/s1. The van der Waals surface area contributed by atoms with E-state index in [1.54, 1.807) is 0 Å². The van der Waals surface area contributed by atoms with Gasteiger partial charge in [0.2, 0.25) is 0 Å². The number of carboxylic acids is 1. The number of halogens is 1. The normalized spacial score (nSPS) is 17.9. The van der Waals surface area contributed by atoms with E-state index in [2.05, 4.69) is 0 Å². The van der Waals surface area contributed by atoms with Gasteiger partial charge in [-0.15, -0.1) is 0 Å². The molecule has 10 heteroatoms. The molecule has 0 aliphatic carbocycles. The Labute approximate surface area is 175 Å². The number of hydrogen-bond acceptors (Lipinski definition) is 6. The quantitative estimate of drug-likeness (QED) is 0.236. The van der Waals surface area contributed by atoms with E-state index in [4.69, 9.17) is 16.7 Å². The summed E-state index contributed by atoms with van der Waals surface area (Å²) in [5, 5.41) is 31.1. The molecule has 1 aliphatic heterocycles. The van der Waals surface area contributed by atoms with Crippen LogP contribution >= 0.6 is 11.6 Å². The van der Waals surface area contributed by atoms with Crippen LogP contribution in [0.4, 0.5) is 5.69 Å². The molecule has 3 rings (SSSR count). The van der Waals surface area contributed by atoms with E-state index < -0.39 is 40.8 Å². The van der Waals surface area contributed by atoms with Crippen LogP contribution in [-0.2, 0) is 14.4 Å². The molecule has 1 heterocycles. The van der Waals surface area contributed by atoms with Gasteiger partial charge in [0.05, 0.1) is 23.0 Å². The molecule has 1 aliphatic rings. The number of carbonyl (C=O) groups excluding carboxylic acids is 2. The van der Waals surface area contributed by atoms with Crippen molar-refractivity contribution in [1.29, 1.82) is 0 Å². The van der Waals surface area contributed by atoms with Crippen LogP contribution in [0.2, 0.25) is 5.02 Å². The molecule has 2 N–H and O–H groups in total. The van der Waals surface area contributed by atoms with Crippen molar-refractivity contribution in [1.82, 2.24) is 4.90 Å². The summed E-state index contributed by atoms with van der Waals surface area (Å²) in [6.07, 6.45) is -0.419. The number of nitro groups is 1. The SMILES string of the molecule is O=C(O)CCN1C(=O)C(=O)C(=C(O)c2ccc(Cl)cc2)[C@@H]1c1ccc([N+](=O)[O-])cc1. The van der Waals surface area contributed by atoms with E-state index in [-0.39, 0.29) is 23.4 Å². The third kappa shape index (κ3) is 4.01. The van der Waals surface area contributed by atoms with E-state index in [1.807, 2.05) is 0 Å². The number of aliphatic hydroxyl groups excluding tert-OH is 1. The lowest BCUT2D eigenvalue weighted by molar-refractivity contribution is -0.384. The van der Waals surface area contributed by atoms with Gasteiger partial charge in [-0.1, -0.05) is 11.6 Å². The molecule has 0 unspecified atom stereocenters. The van der Waals surface area contributed by atoms with Gasteiger partial charge in [0, 0.05) is 29.3 Å². The molecule has 0 bridgehead atoms. The molecular weight excluding hydrogens is 416 g/mol. The average molecular weight is 431 g/mol. The molecule has 9 nitrogen and oxygen atoms in total. The van der Waals surface area contributed by atoms with E-state index in [0.29, 0.717) is 10.6 Å². The van der Waals surface area contributed by atoms with Gasteiger partial charge in [0.1, 0.15) is 5.76 Å². The number of carboxylic acid groups (broad SMARTS) is 1. The summed E-state index contributed by atoms with van der Waals surface area (Å²) in [7, 11) is 0. The van der Waals surface area contributed by atoms with Crippen molar-refractivity contribution < 1.29 is 29.5 Å². The first-order chi connectivity index (χ1) is 14.2. The molecule has 2 aromatic rings. The predicted molar refractivity (Wildman–Crippen MR) is 106 cm³/mol. The number of Topliss-reactive ketones (excluding diaryl/α,β-unsaturated/α-hetero) is 1. The van der Waals surface area contributed by atoms with Crippen molar-refractivity contribution in [2.24, 2.45) is 0 Å². The molecule has 1 atom stereocenters. The molecule has 0 radical (unpaired) electrons. The smallest absolute Gasteiger partial charge is 0.305 e. The summed E-state index contributed by atoms with van der Waals surface area (Å²) in [4.78, 5) is 47.7. The number of ketones is 1. The summed E-state index contributed by atoms with van der Waals surface area (Å²) < 4.78 is 0. The van der Waals surface area contributed by atoms with E-state index in [9.17, 15) is 29.6 Å². The number of benzene rings is 2. The molecule has 154 valence electrons. The Hall–Kier alpha value is -3.72. The van der Waals surface area contributed by atoms with Gasteiger partial charge in [-0.25, -0.2) is 0 Å². The number of nitrogens with zero attached hydrogens (tertiary/aromatic N) is 2. The maximum Gasteiger partial charge on any atom is 0.305 e. The van der Waals surface area contributed by atoms with Crippen molar-refractivity contribution in [3.63, 3.8) is 0 Å². The molecular formula is C20H15ClN2O7. The lowest BCUT2D eigenvalue weighted by Gasteiger charge is -2.24. The third-order valence-corrected chi connectivity index (χ3v) is 4.90. The molecule has 0 saturated carbocycles. The van der Waals surface area contributed by atoms with Gasteiger partial charge >= 0.3 is 5.97 Å². The zero-order valence-electron chi connectivity index (χ0n) is 15.3. The van der Waals surface area contributed by atoms with Crippen LogP contribution in [0.5, 0.6) is 0 Å². The highest BCUT2D eigenvalue weighted by molar-refractivity contribution is 6.46. The zero-order valence-corrected chi connectivity index (χ0v) is 16.1. The molecule has 2 aromatic carbocycles. The lowest BCUT2D eigenvalue weighted by atomic mass is 9.95. The lowest BCUT2D eigenvalue weighted by Crippen LogP contribution is -2.31. The minimum atomic E-state index is -1.17. The second-order valence-corrected chi connectivity index (χ2v) is 6.93. The predicted octanol–water partition coefficient (Wildman–Crippen LogP) is 3.14. The number of rotatable bonds is 6. The van der Waals surface area contributed by atoms with Gasteiger partial charge in [-0.2, -0.15) is 0 Å². The highest BCUT2D eigenvalue weighted by Gasteiger charge is 2.46. The fourth-order valence-corrected chi connectivity index (χ4v) is 3.34. The van der Waals surface area contributed by atoms with Crippen molar-refractivity contribution in [2.75, 3.05) is 6.54 Å². The third-order valence-electron chi connectivity index (χ3n) is 4.64. The van der Waals surface area contributed by atoms with Crippen LogP contribution in [0.1, 0.15) is 23.6 Å². The van der Waals surface area contributed by atoms with Gasteiger partial charge in [-0.05, 0) is 42.0 Å². The van der Waals surface area contributed by atoms with Crippen molar-refractivity contribution in [2.45, 2.75) is 12.5 Å². The maximum atomic E-state index is 12.7. The fraction of sp³-hybridized carbons (Fsp3) is 0.150. The Morgan fingerprint density at radius 1 is 1.07 bits per heavy atom. The van der Waals surface area contributed by atoms with Crippen molar-refractivity contribution in [3.05, 3.63) is 80.4 Å². The average Bonchev–Trinajstić information content (AvgIpc) is 2.97. The highest BCUT2D eigenvalue weighted by atomic mass is 35.5. The summed E-state index contributed by atoms with van der Waals surface area (Å²) >= 11 is 5.85. The molecule has 0 aromatic heterocycles. The summed E-state index contributed by atoms with van der Waals surface area (Å²) in [5.74, 6) is -3.56. The van der Waals surface area contributed by atoms with Gasteiger partial charge in [0.15, 0.2) is 0 Å². The van der Waals surface area contributed by atoms with Gasteiger partial charge in [-0.3, -0.25) is 24.5 Å². The number of hydrogen-bond donors (Lipinski definition) is 2. The monoisotopic (exact) mass is 430 g/mol. The first-order valence-electron chi connectivity index (χ1n) is 8.71. The first-order valence-corrected chi connectivity index (χ1v) is 9.09. The zero-order chi connectivity index (χ0) is 22.0. The van der Waals surface area contributed by atoms with Gasteiger partial charge < -0.3 is 15.1 Å². The second kappa shape index (κ2) is 8.34. The summed E-state index contributed by atoms with van der Waals surface area (Å²) in [5.41, 5.74) is 0.128. The Morgan fingerprint density at radius 2 is 1.67 bits per heavy atom. The number of aliphatic carboxylic acids is 1. The summed E-state index contributed by atoms with van der Waals surface area (Å²) in [6.45, 7) is -0.279. The molecule has 1 amide bonds. The Kier molecular flexibility index (Phi) is 5.84. The van der Waals surface area contributed by atoms with Crippen molar-refractivity contribution in [3.8, 4) is 0 Å². The number of likely N-dealkylation sites (tertiary alicyclic amines) is 1. The Balaban J connectivity index is 2.14. The maximum absolute atomic E-state index is 12.7. The van der Waals surface area contributed by atoms with E-state index >= 15 is 0 Å². The van der Waals surface area contributed by atoms with E-state index in [0.717, 1.165) is 4.90 Å². The highest BCUT2D eigenvalue weighted by Crippen LogP contribution is 2.40. The second-order valence-electron chi connectivity index (χ2n) is 6.49. The minimum absolute atomic E-state index is 0.195.